The van der Waals surface area contributed by atoms with Crippen LogP contribution in [0.2, 0.25) is 0 Å². The van der Waals surface area contributed by atoms with E-state index in [-0.39, 0.29) is 0 Å². The zero-order valence-corrected chi connectivity index (χ0v) is 14.7. The van der Waals surface area contributed by atoms with Gasteiger partial charge in [0.25, 0.3) is 0 Å². The Morgan fingerprint density at radius 1 is 1.41 bits per heavy atom. The lowest BCUT2D eigenvalue weighted by Crippen LogP contribution is -2.39. The zero-order valence-electron chi connectivity index (χ0n) is 13.9. The Kier molecular flexibility index (Phi) is 7.19. The van der Waals surface area contributed by atoms with Crippen LogP contribution in [0.5, 0.6) is 0 Å². The summed E-state index contributed by atoms with van der Waals surface area (Å²) < 4.78 is 0. The van der Waals surface area contributed by atoms with Crippen LogP contribution in [0.15, 0.2) is 22.5 Å². The number of aliphatic imine (C=N–C) groups is 1. The van der Waals surface area contributed by atoms with Gasteiger partial charge in [-0.3, -0.25) is 4.99 Å². The largest absolute Gasteiger partial charge is 0.370 e. The number of thiophene rings is 1. The Morgan fingerprint density at radius 3 is 2.86 bits per heavy atom. The SMILES string of the molecule is CC1CC(C)CN(CCCN=C(N)NCCc2cccs2)C1. The molecule has 2 rings (SSSR count). The summed E-state index contributed by atoms with van der Waals surface area (Å²) in [4.78, 5) is 8.39. The van der Waals surface area contributed by atoms with Crippen molar-refractivity contribution >= 4 is 17.3 Å². The molecule has 3 N–H and O–H groups in total. The molecule has 1 aromatic heterocycles. The van der Waals surface area contributed by atoms with Crippen LogP contribution < -0.4 is 11.1 Å². The van der Waals surface area contributed by atoms with Gasteiger partial charge in [-0.2, -0.15) is 0 Å². The van der Waals surface area contributed by atoms with Crippen molar-refractivity contribution in [3.8, 4) is 0 Å². The minimum absolute atomic E-state index is 0.580. The Morgan fingerprint density at radius 2 is 2.18 bits per heavy atom. The number of nitrogens with one attached hydrogen (secondary N) is 1. The fourth-order valence-electron chi connectivity index (χ4n) is 3.29. The van der Waals surface area contributed by atoms with Crippen molar-refractivity contribution in [2.24, 2.45) is 22.6 Å². The lowest BCUT2D eigenvalue weighted by atomic mass is 9.92. The number of likely N-dealkylation sites (tertiary alicyclic amines) is 1. The molecule has 1 fully saturated rings. The van der Waals surface area contributed by atoms with E-state index in [0.717, 1.165) is 44.3 Å². The number of nitrogens with two attached hydrogens (primary N) is 1. The van der Waals surface area contributed by atoms with Gasteiger partial charge in [0.15, 0.2) is 5.96 Å². The number of nitrogens with zero attached hydrogens (tertiary/aromatic N) is 2. The average Bonchev–Trinajstić information content (AvgIpc) is 2.96. The lowest BCUT2D eigenvalue weighted by molar-refractivity contribution is 0.140. The number of hydrogen-bond donors (Lipinski definition) is 2. The predicted octanol–water partition coefficient (Wildman–Crippen LogP) is 2.56. The molecule has 0 bridgehead atoms. The van der Waals surface area contributed by atoms with E-state index in [2.05, 4.69) is 46.6 Å². The number of piperidine rings is 1. The summed E-state index contributed by atoms with van der Waals surface area (Å²) in [5.74, 6) is 2.24. The minimum Gasteiger partial charge on any atom is -0.370 e. The van der Waals surface area contributed by atoms with E-state index in [1.54, 1.807) is 11.3 Å². The first-order valence-corrected chi connectivity index (χ1v) is 9.30. The molecule has 0 radical (unpaired) electrons. The highest BCUT2D eigenvalue weighted by Crippen LogP contribution is 2.20. The maximum Gasteiger partial charge on any atom is 0.188 e. The zero-order chi connectivity index (χ0) is 15.8. The maximum atomic E-state index is 5.91. The van der Waals surface area contributed by atoms with Gasteiger partial charge in [0.05, 0.1) is 0 Å². The molecule has 0 aromatic carbocycles. The van der Waals surface area contributed by atoms with Crippen molar-refractivity contribution in [2.75, 3.05) is 32.7 Å². The second-order valence-corrected chi connectivity index (χ2v) is 7.61. The summed E-state index contributed by atoms with van der Waals surface area (Å²) in [6.45, 7) is 10.0. The molecule has 2 heterocycles. The van der Waals surface area contributed by atoms with E-state index < -0.39 is 0 Å². The highest BCUT2D eigenvalue weighted by atomic mass is 32.1. The molecule has 1 aromatic rings. The third-order valence-corrected chi connectivity index (χ3v) is 5.05. The summed E-state index contributed by atoms with van der Waals surface area (Å²) in [5.41, 5.74) is 5.91. The van der Waals surface area contributed by atoms with Gasteiger partial charge in [0, 0.05) is 31.1 Å². The third kappa shape index (κ3) is 6.36. The monoisotopic (exact) mass is 322 g/mol. The van der Waals surface area contributed by atoms with Gasteiger partial charge in [-0.15, -0.1) is 11.3 Å². The van der Waals surface area contributed by atoms with Gasteiger partial charge in [0.2, 0.25) is 0 Å². The molecule has 1 aliphatic rings. The Hall–Kier alpha value is -1.07. The van der Waals surface area contributed by atoms with Crippen LogP contribution in [0.4, 0.5) is 0 Å². The van der Waals surface area contributed by atoms with Crippen LogP contribution in [0.1, 0.15) is 31.6 Å². The molecule has 22 heavy (non-hydrogen) atoms. The molecule has 2 atom stereocenters. The van der Waals surface area contributed by atoms with Gasteiger partial charge < -0.3 is 16.0 Å². The first-order chi connectivity index (χ1) is 10.6. The average molecular weight is 323 g/mol. The maximum absolute atomic E-state index is 5.91. The molecule has 1 aliphatic heterocycles. The smallest absolute Gasteiger partial charge is 0.188 e. The van der Waals surface area contributed by atoms with Gasteiger partial charge in [0.1, 0.15) is 0 Å². The summed E-state index contributed by atoms with van der Waals surface area (Å²) in [7, 11) is 0. The predicted molar refractivity (Wildman–Crippen MR) is 96.5 cm³/mol. The standard InChI is InChI=1S/C17H30N4S/c1-14-11-15(2)13-21(12-14)9-4-7-19-17(18)20-8-6-16-5-3-10-22-16/h3,5,10,14-15H,4,6-9,11-13H2,1-2H3,(H3,18,19,20). The molecular formula is C17H30N4S. The topological polar surface area (TPSA) is 53.6 Å². The minimum atomic E-state index is 0.580. The van der Waals surface area contributed by atoms with E-state index in [0.29, 0.717) is 5.96 Å². The van der Waals surface area contributed by atoms with Gasteiger partial charge in [-0.1, -0.05) is 19.9 Å². The molecule has 2 unspecified atom stereocenters. The fraction of sp³-hybridized carbons (Fsp3) is 0.706. The van der Waals surface area contributed by atoms with E-state index in [1.807, 2.05) is 0 Å². The van der Waals surface area contributed by atoms with Gasteiger partial charge in [-0.25, -0.2) is 0 Å². The Bertz CT molecular complexity index is 434. The molecule has 0 spiro atoms. The highest BCUT2D eigenvalue weighted by molar-refractivity contribution is 7.09. The number of rotatable bonds is 7. The molecule has 1 saturated heterocycles. The highest BCUT2D eigenvalue weighted by Gasteiger charge is 2.20. The third-order valence-electron chi connectivity index (χ3n) is 4.12. The van der Waals surface area contributed by atoms with E-state index >= 15 is 0 Å². The molecule has 0 saturated carbocycles. The normalized spacial score (nSPS) is 23.6. The van der Waals surface area contributed by atoms with Gasteiger partial charge >= 0.3 is 0 Å². The van der Waals surface area contributed by atoms with E-state index in [1.165, 1.54) is 24.4 Å². The number of guanidine groups is 1. The quantitative estimate of drug-likeness (QED) is 0.461. The first kappa shape index (κ1) is 17.3. The second-order valence-electron chi connectivity index (χ2n) is 6.58. The summed E-state index contributed by atoms with van der Waals surface area (Å²) in [6, 6.07) is 4.24. The summed E-state index contributed by atoms with van der Waals surface area (Å²) in [5, 5.41) is 5.30. The van der Waals surface area contributed by atoms with Crippen molar-refractivity contribution in [1.29, 1.82) is 0 Å². The van der Waals surface area contributed by atoms with Crippen LogP contribution in [0, 0.1) is 11.8 Å². The van der Waals surface area contributed by atoms with Crippen LogP contribution in [-0.4, -0.2) is 43.6 Å². The molecule has 0 aliphatic carbocycles. The van der Waals surface area contributed by atoms with Crippen LogP contribution in [-0.2, 0) is 6.42 Å². The lowest BCUT2D eigenvalue weighted by Gasteiger charge is -2.34. The molecule has 5 heteroatoms. The van der Waals surface area contributed by atoms with Gasteiger partial charge in [-0.05, 0) is 49.1 Å². The van der Waals surface area contributed by atoms with E-state index in [9.17, 15) is 0 Å². The van der Waals surface area contributed by atoms with Crippen LogP contribution in [0.25, 0.3) is 0 Å². The number of hydrogen-bond acceptors (Lipinski definition) is 3. The Labute approximate surface area is 138 Å². The second kappa shape index (κ2) is 9.16. The fourth-order valence-corrected chi connectivity index (χ4v) is 4.00. The van der Waals surface area contributed by atoms with Crippen molar-refractivity contribution in [3.05, 3.63) is 22.4 Å². The summed E-state index contributed by atoms with van der Waals surface area (Å²) in [6.07, 6.45) is 3.47. The molecule has 4 nitrogen and oxygen atoms in total. The molecule has 0 amide bonds. The van der Waals surface area contributed by atoms with E-state index in [4.69, 9.17) is 5.73 Å². The summed E-state index contributed by atoms with van der Waals surface area (Å²) >= 11 is 1.79. The van der Waals surface area contributed by atoms with Crippen molar-refractivity contribution in [1.82, 2.24) is 10.2 Å². The molecular weight excluding hydrogens is 292 g/mol. The van der Waals surface area contributed by atoms with Crippen molar-refractivity contribution in [3.63, 3.8) is 0 Å². The van der Waals surface area contributed by atoms with Crippen LogP contribution >= 0.6 is 11.3 Å². The van der Waals surface area contributed by atoms with Crippen molar-refractivity contribution in [2.45, 2.75) is 33.1 Å². The molecule has 124 valence electrons. The van der Waals surface area contributed by atoms with Crippen molar-refractivity contribution < 1.29 is 0 Å². The van der Waals surface area contributed by atoms with Crippen LogP contribution in [0.3, 0.4) is 0 Å². The first-order valence-electron chi connectivity index (χ1n) is 8.42. The Balaban J connectivity index is 1.56.